The van der Waals surface area contributed by atoms with E-state index >= 15 is 0 Å². The molecule has 1 aromatic carbocycles. The molecular weight excluding hydrogens is 288 g/mol. The third-order valence-corrected chi connectivity index (χ3v) is 4.50. The topological polar surface area (TPSA) is 76.0 Å². The lowest BCUT2D eigenvalue weighted by molar-refractivity contribution is 0.570. The van der Waals surface area contributed by atoms with E-state index in [1.807, 2.05) is 18.3 Å². The maximum Gasteiger partial charge on any atom is 0.242 e. The van der Waals surface area contributed by atoms with Gasteiger partial charge in [-0.05, 0) is 32.0 Å². The van der Waals surface area contributed by atoms with E-state index in [0.29, 0.717) is 18.8 Å². The predicted octanol–water partition coefficient (Wildman–Crippen LogP) is 1.68. The number of anilines is 1. The van der Waals surface area contributed by atoms with Crippen LogP contribution in [0.5, 0.6) is 0 Å². The SMILES string of the molecule is CC(C)NS(=O)(=O)c1ccccc1NCCn1cccn1. The Morgan fingerprint density at radius 1 is 1.24 bits per heavy atom. The van der Waals surface area contributed by atoms with Crippen molar-refractivity contribution in [2.75, 3.05) is 11.9 Å². The molecule has 0 unspecified atom stereocenters. The van der Waals surface area contributed by atoms with Crippen LogP contribution in [0.25, 0.3) is 0 Å². The molecule has 2 N–H and O–H groups in total. The van der Waals surface area contributed by atoms with Gasteiger partial charge in [-0.15, -0.1) is 0 Å². The van der Waals surface area contributed by atoms with Crippen molar-refractivity contribution in [2.45, 2.75) is 31.3 Å². The van der Waals surface area contributed by atoms with Crippen LogP contribution in [-0.4, -0.2) is 30.8 Å². The Kier molecular flexibility index (Phi) is 4.98. The van der Waals surface area contributed by atoms with Gasteiger partial charge < -0.3 is 5.32 Å². The van der Waals surface area contributed by atoms with Crippen molar-refractivity contribution in [3.63, 3.8) is 0 Å². The summed E-state index contributed by atoms with van der Waals surface area (Å²) >= 11 is 0. The second-order valence-corrected chi connectivity index (χ2v) is 6.65. The molecule has 0 fully saturated rings. The minimum atomic E-state index is -3.51. The Morgan fingerprint density at radius 3 is 2.67 bits per heavy atom. The van der Waals surface area contributed by atoms with Crippen LogP contribution in [-0.2, 0) is 16.6 Å². The lowest BCUT2D eigenvalue weighted by Crippen LogP contribution is -2.30. The van der Waals surface area contributed by atoms with Crippen molar-refractivity contribution in [2.24, 2.45) is 0 Å². The highest BCUT2D eigenvalue weighted by atomic mass is 32.2. The van der Waals surface area contributed by atoms with Crippen molar-refractivity contribution in [3.8, 4) is 0 Å². The molecule has 0 amide bonds. The molecule has 1 aromatic heterocycles. The van der Waals surface area contributed by atoms with E-state index in [9.17, 15) is 8.42 Å². The van der Waals surface area contributed by atoms with Gasteiger partial charge in [0.05, 0.1) is 12.2 Å². The second kappa shape index (κ2) is 6.73. The van der Waals surface area contributed by atoms with Crippen LogP contribution in [0.3, 0.4) is 0 Å². The van der Waals surface area contributed by atoms with Gasteiger partial charge in [0, 0.05) is 25.0 Å². The molecule has 6 nitrogen and oxygen atoms in total. The van der Waals surface area contributed by atoms with Gasteiger partial charge >= 0.3 is 0 Å². The molecule has 7 heteroatoms. The zero-order chi connectivity index (χ0) is 15.3. The first-order valence-corrected chi connectivity index (χ1v) is 8.30. The van der Waals surface area contributed by atoms with Gasteiger partial charge in [-0.3, -0.25) is 4.68 Å². The van der Waals surface area contributed by atoms with E-state index in [4.69, 9.17) is 0 Å². The molecule has 0 aliphatic carbocycles. The molecule has 0 saturated carbocycles. The maximum absolute atomic E-state index is 12.3. The fourth-order valence-electron chi connectivity index (χ4n) is 1.96. The third-order valence-electron chi connectivity index (χ3n) is 2.78. The number of nitrogens with zero attached hydrogens (tertiary/aromatic N) is 2. The number of aromatic nitrogens is 2. The van der Waals surface area contributed by atoms with Crippen molar-refractivity contribution >= 4 is 15.7 Å². The molecular formula is C14H20N4O2S. The normalized spacial score (nSPS) is 11.8. The van der Waals surface area contributed by atoms with E-state index in [1.165, 1.54) is 0 Å². The highest BCUT2D eigenvalue weighted by Crippen LogP contribution is 2.20. The third kappa shape index (κ3) is 4.30. The summed E-state index contributed by atoms with van der Waals surface area (Å²) in [6.45, 7) is 4.85. The molecule has 21 heavy (non-hydrogen) atoms. The first kappa shape index (κ1) is 15.5. The summed E-state index contributed by atoms with van der Waals surface area (Å²) in [6.07, 6.45) is 3.58. The lowest BCUT2D eigenvalue weighted by atomic mass is 10.3. The maximum atomic E-state index is 12.3. The molecule has 0 aliphatic rings. The van der Waals surface area contributed by atoms with E-state index in [1.54, 1.807) is 42.9 Å². The highest BCUT2D eigenvalue weighted by molar-refractivity contribution is 7.89. The zero-order valence-electron chi connectivity index (χ0n) is 12.2. The minimum absolute atomic E-state index is 0.146. The summed E-state index contributed by atoms with van der Waals surface area (Å²) in [5, 5.41) is 7.25. The number of rotatable bonds is 7. The monoisotopic (exact) mass is 308 g/mol. The van der Waals surface area contributed by atoms with Gasteiger partial charge in [0.1, 0.15) is 4.90 Å². The summed E-state index contributed by atoms with van der Waals surface area (Å²) in [7, 11) is -3.51. The molecule has 0 spiro atoms. The molecule has 1 heterocycles. The van der Waals surface area contributed by atoms with Crippen molar-refractivity contribution < 1.29 is 8.42 Å². The molecule has 0 saturated heterocycles. The van der Waals surface area contributed by atoms with Gasteiger partial charge in [-0.25, -0.2) is 13.1 Å². The number of nitrogens with one attached hydrogen (secondary N) is 2. The Hall–Kier alpha value is -1.86. The summed E-state index contributed by atoms with van der Waals surface area (Å²) in [4.78, 5) is 0.263. The molecule has 114 valence electrons. The lowest BCUT2D eigenvalue weighted by Gasteiger charge is -2.14. The van der Waals surface area contributed by atoms with Crippen LogP contribution in [0.4, 0.5) is 5.69 Å². The van der Waals surface area contributed by atoms with Gasteiger partial charge in [0.2, 0.25) is 10.0 Å². The van der Waals surface area contributed by atoms with Crippen molar-refractivity contribution in [1.82, 2.24) is 14.5 Å². The Labute approximate surface area is 125 Å². The van der Waals surface area contributed by atoms with Crippen molar-refractivity contribution in [3.05, 3.63) is 42.7 Å². The molecule has 2 aromatic rings. The molecule has 0 aliphatic heterocycles. The highest BCUT2D eigenvalue weighted by Gasteiger charge is 2.18. The van der Waals surface area contributed by atoms with E-state index in [-0.39, 0.29) is 10.9 Å². The van der Waals surface area contributed by atoms with E-state index in [0.717, 1.165) is 0 Å². The zero-order valence-corrected chi connectivity index (χ0v) is 13.0. The number of hydrogen-bond donors (Lipinski definition) is 2. The fourth-order valence-corrected chi connectivity index (χ4v) is 3.39. The van der Waals surface area contributed by atoms with E-state index in [2.05, 4.69) is 15.1 Å². The number of para-hydroxylation sites is 1. The van der Waals surface area contributed by atoms with Crippen molar-refractivity contribution in [1.29, 1.82) is 0 Å². The summed E-state index contributed by atoms with van der Waals surface area (Å²) < 4.78 is 29.0. The van der Waals surface area contributed by atoms with Gasteiger partial charge in [0.15, 0.2) is 0 Å². The van der Waals surface area contributed by atoms with Crippen LogP contribution in [0.2, 0.25) is 0 Å². The predicted molar refractivity (Wildman–Crippen MR) is 82.6 cm³/mol. The number of sulfonamides is 1. The smallest absolute Gasteiger partial charge is 0.242 e. The summed E-state index contributed by atoms with van der Waals surface area (Å²) in [5.41, 5.74) is 0.595. The molecule has 2 rings (SSSR count). The summed E-state index contributed by atoms with van der Waals surface area (Å²) in [5.74, 6) is 0. The first-order valence-electron chi connectivity index (χ1n) is 6.82. The van der Waals surface area contributed by atoms with E-state index < -0.39 is 10.0 Å². The van der Waals surface area contributed by atoms with Crippen LogP contribution in [0, 0.1) is 0 Å². The standard InChI is InChI=1S/C14H20N4O2S/c1-12(2)17-21(19,20)14-7-4-3-6-13(14)15-9-11-18-10-5-8-16-18/h3-8,10,12,15,17H,9,11H2,1-2H3. The summed E-state index contributed by atoms with van der Waals surface area (Å²) in [6, 6.07) is 8.59. The fraction of sp³-hybridized carbons (Fsp3) is 0.357. The van der Waals surface area contributed by atoms with Gasteiger partial charge in [0.25, 0.3) is 0 Å². The average Bonchev–Trinajstić information content (AvgIpc) is 2.91. The number of hydrogen-bond acceptors (Lipinski definition) is 4. The second-order valence-electron chi connectivity index (χ2n) is 4.97. The molecule has 0 bridgehead atoms. The Bertz CT molecular complexity index is 666. The Morgan fingerprint density at radius 2 is 2.00 bits per heavy atom. The van der Waals surface area contributed by atoms with Gasteiger partial charge in [-0.2, -0.15) is 5.10 Å². The number of benzene rings is 1. The quantitative estimate of drug-likeness (QED) is 0.816. The largest absolute Gasteiger partial charge is 0.382 e. The molecule has 0 atom stereocenters. The van der Waals surface area contributed by atoms with Crippen LogP contribution >= 0.6 is 0 Å². The Balaban J connectivity index is 2.09. The first-order chi connectivity index (χ1) is 9.99. The van der Waals surface area contributed by atoms with Crippen LogP contribution < -0.4 is 10.0 Å². The van der Waals surface area contributed by atoms with Crippen LogP contribution in [0.1, 0.15) is 13.8 Å². The van der Waals surface area contributed by atoms with Gasteiger partial charge in [-0.1, -0.05) is 12.1 Å². The average molecular weight is 308 g/mol. The minimum Gasteiger partial charge on any atom is -0.382 e. The van der Waals surface area contributed by atoms with Crippen LogP contribution in [0.15, 0.2) is 47.6 Å². The molecule has 0 radical (unpaired) electrons.